The number of aliphatic carboxylic acids is 2. The molecule has 33 heavy (non-hydrogen) atoms. The molecule has 4 N–H and O–H groups in total. The molecule has 0 saturated carbocycles. The summed E-state index contributed by atoms with van der Waals surface area (Å²) in [4.78, 5) is 21.2. The van der Waals surface area contributed by atoms with Crippen LogP contribution in [0.1, 0.15) is 142 Å². The molecular weight excluding hydrogens is 420 g/mol. The quantitative estimate of drug-likeness (QED) is 0.119. The van der Waals surface area contributed by atoms with E-state index in [9.17, 15) is 14.7 Å². The second-order valence-electron chi connectivity index (χ2n) is 9.34. The minimum Gasteiger partial charge on any atom is -0.481 e. The van der Waals surface area contributed by atoms with Crippen molar-refractivity contribution in [2.75, 3.05) is 6.61 Å². The molecular formula is C27H54O6. The van der Waals surface area contributed by atoms with E-state index >= 15 is 0 Å². The Kier molecular flexibility index (Phi) is 28.0. The van der Waals surface area contributed by atoms with Gasteiger partial charge < -0.3 is 20.4 Å². The van der Waals surface area contributed by atoms with Crippen LogP contribution in [0.25, 0.3) is 0 Å². The number of rotatable bonds is 23. The lowest BCUT2D eigenvalue weighted by Gasteiger charge is -2.15. The zero-order valence-corrected chi connectivity index (χ0v) is 21.6. The van der Waals surface area contributed by atoms with Crippen LogP contribution in [0.3, 0.4) is 0 Å². The molecule has 0 aromatic heterocycles. The molecule has 0 radical (unpaired) electrons. The highest BCUT2D eigenvalue weighted by molar-refractivity contribution is 5.69. The highest BCUT2D eigenvalue weighted by Gasteiger charge is 2.20. The molecule has 0 aliphatic heterocycles. The summed E-state index contributed by atoms with van der Waals surface area (Å²) in [5.41, 5.74) is 0. The predicted octanol–water partition coefficient (Wildman–Crippen LogP) is 6.95. The summed E-state index contributed by atoms with van der Waals surface area (Å²) in [5, 5.41) is 35.5. The van der Waals surface area contributed by atoms with Crippen molar-refractivity contribution >= 4 is 11.9 Å². The first-order valence-corrected chi connectivity index (χ1v) is 13.6. The van der Waals surface area contributed by atoms with Crippen LogP contribution in [0, 0.1) is 5.92 Å². The molecule has 2 unspecified atom stereocenters. The number of carboxylic acids is 2. The van der Waals surface area contributed by atoms with Gasteiger partial charge in [0, 0.05) is 6.42 Å². The summed E-state index contributed by atoms with van der Waals surface area (Å²) in [6.07, 6.45) is 20.8. The third kappa shape index (κ3) is 28.8. The molecule has 0 aromatic rings. The van der Waals surface area contributed by atoms with Gasteiger partial charge in [0.05, 0.1) is 18.6 Å². The van der Waals surface area contributed by atoms with Gasteiger partial charge in [-0.25, -0.2) is 0 Å². The number of aliphatic hydroxyl groups is 2. The molecule has 0 fully saturated rings. The predicted molar refractivity (Wildman–Crippen MR) is 136 cm³/mol. The van der Waals surface area contributed by atoms with E-state index in [0.29, 0.717) is 12.8 Å². The number of hydrogen-bond donors (Lipinski definition) is 4. The lowest BCUT2D eigenvalue weighted by molar-refractivity contribution is -0.143. The molecule has 0 heterocycles. The van der Waals surface area contributed by atoms with Crippen LogP contribution in [0.2, 0.25) is 0 Å². The largest absolute Gasteiger partial charge is 0.481 e. The smallest absolute Gasteiger partial charge is 0.306 e. The van der Waals surface area contributed by atoms with E-state index in [1.54, 1.807) is 0 Å². The first kappa shape index (κ1) is 34.0. The van der Waals surface area contributed by atoms with Gasteiger partial charge >= 0.3 is 11.9 Å². The minimum atomic E-state index is -0.907. The summed E-state index contributed by atoms with van der Waals surface area (Å²) in [6, 6.07) is 0. The van der Waals surface area contributed by atoms with E-state index < -0.39 is 24.0 Å². The van der Waals surface area contributed by atoms with E-state index in [4.69, 9.17) is 15.3 Å². The maximum Gasteiger partial charge on any atom is 0.306 e. The van der Waals surface area contributed by atoms with Crippen molar-refractivity contribution in [2.24, 2.45) is 5.92 Å². The molecule has 6 heteroatoms. The molecule has 0 amide bonds. The minimum absolute atomic E-state index is 0.155. The molecule has 0 aliphatic carbocycles. The topological polar surface area (TPSA) is 115 Å². The van der Waals surface area contributed by atoms with Crippen LogP contribution >= 0.6 is 0 Å². The van der Waals surface area contributed by atoms with Crippen LogP contribution < -0.4 is 0 Å². The second kappa shape index (κ2) is 27.1. The Labute approximate surface area is 203 Å². The van der Waals surface area contributed by atoms with Gasteiger partial charge in [0.15, 0.2) is 0 Å². The molecule has 0 bridgehead atoms. The van der Waals surface area contributed by atoms with Crippen LogP contribution in [0.15, 0.2) is 0 Å². The standard InChI is InChI=1S/C15H30O4.C12H24O2/c1-2-3-4-5-6-7-8-9-10-13(15(18)19)11-14(17)12-16;1-2-3-4-5-6-7-8-9-10-11-12(13)14/h13-14,16-17H,2-12H2,1H3,(H,18,19);2-11H2,1H3,(H,13,14). The second-order valence-corrected chi connectivity index (χ2v) is 9.34. The van der Waals surface area contributed by atoms with Gasteiger partial charge in [-0.15, -0.1) is 0 Å². The lowest BCUT2D eigenvalue weighted by atomic mass is 9.95. The van der Waals surface area contributed by atoms with Crippen molar-refractivity contribution < 1.29 is 30.0 Å². The van der Waals surface area contributed by atoms with Crippen LogP contribution in [-0.2, 0) is 9.59 Å². The fourth-order valence-electron chi connectivity index (χ4n) is 3.86. The lowest BCUT2D eigenvalue weighted by Crippen LogP contribution is -2.23. The average molecular weight is 475 g/mol. The van der Waals surface area contributed by atoms with Crippen molar-refractivity contribution in [3.8, 4) is 0 Å². The summed E-state index contributed by atoms with van der Waals surface area (Å²) in [5.74, 6) is -2.05. The zero-order valence-electron chi connectivity index (χ0n) is 21.6. The van der Waals surface area contributed by atoms with E-state index in [1.807, 2.05) is 0 Å². The summed E-state index contributed by atoms with van der Waals surface area (Å²) < 4.78 is 0. The van der Waals surface area contributed by atoms with Gasteiger partial charge in [-0.3, -0.25) is 9.59 Å². The highest BCUT2D eigenvalue weighted by Crippen LogP contribution is 2.17. The Hall–Kier alpha value is -1.14. The van der Waals surface area contributed by atoms with E-state index in [0.717, 1.165) is 25.7 Å². The first-order valence-electron chi connectivity index (χ1n) is 13.6. The number of hydrogen-bond acceptors (Lipinski definition) is 4. The van der Waals surface area contributed by atoms with Crippen LogP contribution in [0.4, 0.5) is 0 Å². The van der Waals surface area contributed by atoms with Crippen molar-refractivity contribution in [1.29, 1.82) is 0 Å². The van der Waals surface area contributed by atoms with Crippen molar-refractivity contribution in [1.82, 2.24) is 0 Å². The normalized spacial score (nSPS) is 12.6. The molecule has 0 saturated heterocycles. The Morgan fingerprint density at radius 2 is 1.03 bits per heavy atom. The maximum absolute atomic E-state index is 11.0. The van der Waals surface area contributed by atoms with Crippen molar-refractivity contribution in [3.05, 3.63) is 0 Å². The Balaban J connectivity index is 0. The molecule has 2 atom stereocenters. The van der Waals surface area contributed by atoms with Crippen LogP contribution in [0.5, 0.6) is 0 Å². The third-order valence-electron chi connectivity index (χ3n) is 6.02. The molecule has 0 aromatic carbocycles. The molecule has 198 valence electrons. The van der Waals surface area contributed by atoms with Gasteiger partial charge in [-0.1, -0.05) is 117 Å². The Morgan fingerprint density at radius 3 is 1.39 bits per heavy atom. The molecule has 0 rings (SSSR count). The van der Waals surface area contributed by atoms with Gasteiger partial charge in [-0.2, -0.15) is 0 Å². The number of aliphatic hydroxyl groups excluding tert-OH is 2. The molecule has 0 aliphatic rings. The van der Waals surface area contributed by atoms with Gasteiger partial charge in [0.1, 0.15) is 0 Å². The third-order valence-corrected chi connectivity index (χ3v) is 6.02. The zero-order chi connectivity index (χ0) is 25.2. The van der Waals surface area contributed by atoms with Crippen molar-refractivity contribution in [2.45, 2.75) is 148 Å². The van der Waals surface area contributed by atoms with E-state index in [1.165, 1.54) is 83.5 Å². The number of carbonyl (C=O) groups is 2. The number of carboxylic acid groups (broad SMARTS) is 2. The Bertz CT molecular complexity index is 427. The number of unbranched alkanes of at least 4 members (excludes halogenated alkanes) is 15. The van der Waals surface area contributed by atoms with E-state index in [2.05, 4.69) is 13.8 Å². The highest BCUT2D eigenvalue weighted by atomic mass is 16.4. The van der Waals surface area contributed by atoms with Crippen LogP contribution in [-0.4, -0.2) is 45.1 Å². The fourth-order valence-corrected chi connectivity index (χ4v) is 3.86. The SMILES string of the molecule is CCCCCCCCCCC(CC(O)CO)C(=O)O.CCCCCCCCCCCC(=O)O. The maximum atomic E-state index is 11.0. The fraction of sp³-hybridized carbons (Fsp3) is 0.926. The van der Waals surface area contributed by atoms with E-state index in [-0.39, 0.29) is 13.0 Å². The van der Waals surface area contributed by atoms with Gasteiger partial charge in [0.2, 0.25) is 0 Å². The summed E-state index contributed by atoms with van der Waals surface area (Å²) in [7, 11) is 0. The molecule has 0 spiro atoms. The Morgan fingerprint density at radius 1 is 0.636 bits per heavy atom. The summed E-state index contributed by atoms with van der Waals surface area (Å²) >= 11 is 0. The molecule has 6 nitrogen and oxygen atoms in total. The first-order chi connectivity index (χ1) is 15.9. The van der Waals surface area contributed by atoms with Crippen molar-refractivity contribution in [3.63, 3.8) is 0 Å². The van der Waals surface area contributed by atoms with Gasteiger partial charge in [0.25, 0.3) is 0 Å². The summed E-state index contributed by atoms with van der Waals surface area (Å²) in [6.45, 7) is 4.07. The monoisotopic (exact) mass is 474 g/mol. The average Bonchev–Trinajstić information content (AvgIpc) is 2.78. The van der Waals surface area contributed by atoms with Gasteiger partial charge in [-0.05, 0) is 19.3 Å².